The van der Waals surface area contributed by atoms with Crippen molar-refractivity contribution in [1.82, 2.24) is 0 Å². The van der Waals surface area contributed by atoms with Gasteiger partial charge in [-0.3, -0.25) is 0 Å². The highest BCUT2D eigenvalue weighted by Gasteiger charge is 1.91. The van der Waals surface area contributed by atoms with Crippen LogP contribution in [0.5, 0.6) is 0 Å². The topological polar surface area (TPSA) is 82.9 Å². The zero-order valence-corrected chi connectivity index (χ0v) is 11.3. The fourth-order valence-electron chi connectivity index (χ4n) is 1.55. The Morgan fingerprint density at radius 2 is 1.00 bits per heavy atom. The first-order chi connectivity index (χ1) is 10.8. The van der Waals surface area contributed by atoms with Crippen LogP contribution in [0.3, 0.4) is 0 Å². The van der Waals surface area contributed by atoms with Crippen molar-refractivity contribution in [2.24, 2.45) is 9.98 Å². The average Bonchev–Trinajstić information content (AvgIpc) is 2.55. The first kappa shape index (κ1) is 14.8. The van der Waals surface area contributed by atoms with Crippen LogP contribution in [0.1, 0.15) is 0 Å². The Labute approximate surface area is 126 Å². The number of anilines is 2. The van der Waals surface area contributed by atoms with E-state index in [-0.39, 0.29) is 0 Å². The summed E-state index contributed by atoms with van der Waals surface area (Å²) in [6.45, 7) is 0. The van der Waals surface area contributed by atoms with Gasteiger partial charge in [0.05, 0.1) is 11.4 Å². The molecule has 0 bridgehead atoms. The Kier molecular flexibility index (Phi) is 5.25. The highest BCUT2D eigenvalue weighted by Crippen LogP contribution is 2.16. The van der Waals surface area contributed by atoms with Crippen LogP contribution in [0, 0.1) is 12.1 Å². The molecule has 0 saturated carbocycles. The van der Waals surface area contributed by atoms with Gasteiger partial charge in [0, 0.05) is 23.5 Å². The van der Waals surface area contributed by atoms with Gasteiger partial charge in [0.1, 0.15) is 0 Å². The largest absolute Gasteiger partial charge is 0.313 e. The first-order valence-corrected chi connectivity index (χ1v) is 6.20. The quantitative estimate of drug-likeness (QED) is 0.392. The molecule has 6 heteroatoms. The molecule has 2 aromatic rings. The summed E-state index contributed by atoms with van der Waals surface area (Å²) in [7, 11) is 0. The van der Waals surface area contributed by atoms with E-state index in [1.807, 2.05) is 0 Å². The van der Waals surface area contributed by atoms with E-state index in [1.165, 1.54) is 12.2 Å². The Hall–Kier alpha value is -3.64. The Morgan fingerprint density at radius 3 is 1.32 bits per heavy atom. The second-order valence-electron chi connectivity index (χ2n) is 4.00. The average molecular weight is 290 g/mol. The molecule has 0 atom stereocenters. The minimum atomic E-state index is 0.532. The summed E-state index contributed by atoms with van der Waals surface area (Å²) in [5, 5.41) is 5.76. The number of hydrogen-bond donors (Lipinski definition) is 2. The van der Waals surface area contributed by atoms with E-state index in [0.717, 1.165) is 11.4 Å². The minimum Gasteiger partial charge on any atom is -0.313 e. The Balaban J connectivity index is 1.90. The molecule has 0 aliphatic rings. The van der Waals surface area contributed by atoms with Gasteiger partial charge < -0.3 is 10.6 Å². The fourth-order valence-corrected chi connectivity index (χ4v) is 1.55. The third-order valence-electron chi connectivity index (χ3n) is 2.56. The SMILES string of the molecule is O=C=Nc1ccc(NC#CNc2ccc(N=C=O)cc2)cc1. The second kappa shape index (κ2) is 7.83. The molecule has 0 radical (unpaired) electrons. The van der Waals surface area contributed by atoms with Gasteiger partial charge in [0.25, 0.3) is 0 Å². The maximum absolute atomic E-state index is 10.1. The third-order valence-corrected chi connectivity index (χ3v) is 2.56. The van der Waals surface area contributed by atoms with Crippen LogP contribution in [0.25, 0.3) is 0 Å². The number of aliphatic imine (C=N–C) groups is 2. The van der Waals surface area contributed by atoms with E-state index >= 15 is 0 Å². The maximum atomic E-state index is 10.1. The van der Waals surface area contributed by atoms with Crippen molar-refractivity contribution >= 4 is 34.9 Å². The monoisotopic (exact) mass is 290 g/mol. The predicted molar refractivity (Wildman–Crippen MR) is 83.5 cm³/mol. The van der Waals surface area contributed by atoms with Gasteiger partial charge >= 0.3 is 0 Å². The van der Waals surface area contributed by atoms with Crippen molar-refractivity contribution in [3.63, 3.8) is 0 Å². The van der Waals surface area contributed by atoms with Crippen molar-refractivity contribution in [3.05, 3.63) is 48.5 Å². The molecule has 0 fully saturated rings. The lowest BCUT2D eigenvalue weighted by Crippen LogP contribution is -1.92. The number of isocyanates is 2. The molecule has 0 aliphatic heterocycles. The van der Waals surface area contributed by atoms with Gasteiger partial charge in [-0.1, -0.05) is 0 Å². The molecule has 106 valence electrons. The number of hydrogen-bond acceptors (Lipinski definition) is 6. The second-order valence-corrected chi connectivity index (χ2v) is 4.00. The van der Waals surface area contributed by atoms with Crippen LogP contribution in [-0.2, 0) is 9.59 Å². The molecule has 0 heterocycles. The van der Waals surface area contributed by atoms with E-state index in [4.69, 9.17) is 0 Å². The maximum Gasteiger partial charge on any atom is 0.240 e. The number of nitrogens with one attached hydrogen (secondary N) is 2. The lowest BCUT2D eigenvalue weighted by atomic mass is 10.3. The summed E-state index contributed by atoms with van der Waals surface area (Å²) < 4.78 is 0. The molecular formula is C16H10N4O2. The van der Waals surface area contributed by atoms with Gasteiger partial charge in [-0.05, 0) is 48.5 Å². The first-order valence-electron chi connectivity index (χ1n) is 6.20. The standard InChI is InChI=1S/C16H10N4O2/c21-11-19-15-5-1-13(2-6-15)17-9-10-18-14-3-7-16(8-4-14)20-12-22/h1-8,17-18H. The summed E-state index contributed by atoms with van der Waals surface area (Å²) in [6.07, 6.45) is 2.95. The number of nitrogens with zero attached hydrogens (tertiary/aromatic N) is 2. The van der Waals surface area contributed by atoms with Crippen LogP contribution < -0.4 is 10.6 Å². The lowest BCUT2D eigenvalue weighted by molar-refractivity contribution is 0.564. The molecule has 2 aromatic carbocycles. The van der Waals surface area contributed by atoms with Crippen LogP contribution in [0.15, 0.2) is 58.5 Å². The van der Waals surface area contributed by atoms with Gasteiger partial charge in [-0.2, -0.15) is 9.98 Å². The number of rotatable bonds is 4. The van der Waals surface area contributed by atoms with Gasteiger partial charge in [-0.25, -0.2) is 9.59 Å². The van der Waals surface area contributed by atoms with Gasteiger partial charge in [0.2, 0.25) is 12.2 Å². The normalized spacial score (nSPS) is 8.55. The predicted octanol–water partition coefficient (Wildman–Crippen LogP) is 3.06. The lowest BCUT2D eigenvalue weighted by Gasteiger charge is -1.99. The van der Waals surface area contributed by atoms with E-state index in [1.54, 1.807) is 48.5 Å². The van der Waals surface area contributed by atoms with Crippen molar-refractivity contribution in [2.75, 3.05) is 10.6 Å². The van der Waals surface area contributed by atoms with E-state index in [9.17, 15) is 9.59 Å². The highest BCUT2D eigenvalue weighted by atomic mass is 16.1. The zero-order valence-electron chi connectivity index (χ0n) is 11.3. The molecule has 6 nitrogen and oxygen atoms in total. The molecule has 0 saturated heterocycles. The summed E-state index contributed by atoms with van der Waals surface area (Å²) in [4.78, 5) is 27.2. The van der Waals surface area contributed by atoms with E-state index in [0.29, 0.717) is 11.4 Å². The summed E-state index contributed by atoms with van der Waals surface area (Å²) >= 11 is 0. The molecule has 0 spiro atoms. The summed E-state index contributed by atoms with van der Waals surface area (Å²) in [5.74, 6) is 0. The van der Waals surface area contributed by atoms with Crippen molar-refractivity contribution < 1.29 is 9.59 Å². The van der Waals surface area contributed by atoms with E-state index in [2.05, 4.69) is 32.7 Å². The fraction of sp³-hybridized carbons (Fsp3) is 0. The number of benzene rings is 2. The molecule has 0 amide bonds. The minimum absolute atomic E-state index is 0.532. The number of carbonyl (C=O) groups excluding carboxylic acids is 2. The van der Waals surface area contributed by atoms with E-state index < -0.39 is 0 Å². The Morgan fingerprint density at radius 1 is 0.636 bits per heavy atom. The van der Waals surface area contributed by atoms with Crippen LogP contribution in [-0.4, -0.2) is 12.2 Å². The summed E-state index contributed by atoms with van der Waals surface area (Å²) in [5.41, 5.74) is 2.61. The summed E-state index contributed by atoms with van der Waals surface area (Å²) in [6, 6.07) is 19.2. The van der Waals surface area contributed by atoms with Crippen molar-refractivity contribution in [3.8, 4) is 12.1 Å². The van der Waals surface area contributed by atoms with Crippen molar-refractivity contribution in [2.45, 2.75) is 0 Å². The third kappa shape index (κ3) is 4.48. The highest BCUT2D eigenvalue weighted by molar-refractivity contribution is 5.58. The van der Waals surface area contributed by atoms with Crippen LogP contribution in [0.2, 0.25) is 0 Å². The van der Waals surface area contributed by atoms with Crippen molar-refractivity contribution in [1.29, 1.82) is 0 Å². The molecule has 2 N–H and O–H groups in total. The van der Waals surface area contributed by atoms with Crippen LogP contribution in [0.4, 0.5) is 22.7 Å². The molecule has 0 aromatic heterocycles. The van der Waals surface area contributed by atoms with Crippen LogP contribution >= 0.6 is 0 Å². The van der Waals surface area contributed by atoms with Gasteiger partial charge in [0.15, 0.2) is 0 Å². The molecule has 22 heavy (non-hydrogen) atoms. The zero-order chi connectivity index (χ0) is 15.6. The molecule has 0 aliphatic carbocycles. The smallest absolute Gasteiger partial charge is 0.240 e. The molecule has 0 unspecified atom stereocenters. The Bertz CT molecular complexity index is 721. The van der Waals surface area contributed by atoms with Gasteiger partial charge in [-0.15, -0.1) is 0 Å². The molecular weight excluding hydrogens is 280 g/mol. The molecule has 2 rings (SSSR count).